The topological polar surface area (TPSA) is 65.6 Å². The Morgan fingerprint density at radius 2 is 1.74 bits per heavy atom. The molecule has 142 valence electrons. The van der Waals surface area contributed by atoms with Crippen molar-refractivity contribution in [2.75, 3.05) is 32.8 Å². The van der Waals surface area contributed by atoms with Crippen molar-refractivity contribution in [3.05, 3.63) is 52.3 Å². The normalized spacial score (nSPS) is 16.7. The molecular formula is C21H25N3O3. The lowest BCUT2D eigenvalue weighted by molar-refractivity contribution is 0.0718. The highest BCUT2D eigenvalue weighted by Crippen LogP contribution is 2.26. The molecule has 1 fully saturated rings. The zero-order chi connectivity index (χ0) is 19.0. The van der Waals surface area contributed by atoms with Crippen LogP contribution in [0.5, 0.6) is 5.75 Å². The molecule has 0 unspecified atom stereocenters. The van der Waals surface area contributed by atoms with Crippen LogP contribution in [0.25, 0.3) is 0 Å². The van der Waals surface area contributed by atoms with Crippen molar-refractivity contribution < 1.29 is 14.3 Å². The molecule has 2 aromatic rings. The summed E-state index contributed by atoms with van der Waals surface area (Å²) >= 11 is 0. The van der Waals surface area contributed by atoms with Crippen LogP contribution in [0.3, 0.4) is 0 Å². The van der Waals surface area contributed by atoms with Crippen molar-refractivity contribution in [2.45, 2.75) is 26.7 Å². The molecule has 6 nitrogen and oxygen atoms in total. The molecule has 3 heterocycles. The van der Waals surface area contributed by atoms with Gasteiger partial charge in [-0.05, 0) is 50.1 Å². The van der Waals surface area contributed by atoms with Gasteiger partial charge in [0, 0.05) is 49.6 Å². The molecule has 0 aliphatic carbocycles. The Morgan fingerprint density at radius 3 is 2.44 bits per heavy atom. The predicted molar refractivity (Wildman–Crippen MR) is 102 cm³/mol. The fourth-order valence-electron chi connectivity index (χ4n) is 3.94. The first-order valence-electron chi connectivity index (χ1n) is 9.53. The van der Waals surface area contributed by atoms with Gasteiger partial charge in [0.15, 0.2) is 0 Å². The third-order valence-corrected chi connectivity index (χ3v) is 5.39. The fraction of sp³-hybridized carbons (Fsp3) is 0.429. The minimum atomic E-state index is 0.0349. The Morgan fingerprint density at radius 1 is 1.00 bits per heavy atom. The number of nitrogens with one attached hydrogen (secondary N) is 1. The van der Waals surface area contributed by atoms with Gasteiger partial charge in [-0.25, -0.2) is 0 Å². The van der Waals surface area contributed by atoms with Gasteiger partial charge >= 0.3 is 0 Å². The van der Waals surface area contributed by atoms with Crippen molar-refractivity contribution in [3.8, 4) is 5.75 Å². The molecular weight excluding hydrogens is 342 g/mol. The third-order valence-electron chi connectivity index (χ3n) is 5.39. The van der Waals surface area contributed by atoms with Crippen molar-refractivity contribution in [1.82, 2.24) is 14.8 Å². The highest BCUT2D eigenvalue weighted by molar-refractivity contribution is 5.96. The van der Waals surface area contributed by atoms with Gasteiger partial charge < -0.3 is 19.5 Å². The molecule has 0 spiro atoms. The lowest BCUT2D eigenvalue weighted by Crippen LogP contribution is -2.37. The number of rotatable bonds is 2. The van der Waals surface area contributed by atoms with Gasteiger partial charge in [0.25, 0.3) is 11.8 Å². The molecule has 1 saturated heterocycles. The lowest BCUT2D eigenvalue weighted by Gasteiger charge is -2.22. The number of aromatic nitrogens is 1. The number of carbonyl (C=O) groups excluding carboxylic acids is 2. The number of hydrogen-bond donors (Lipinski definition) is 1. The summed E-state index contributed by atoms with van der Waals surface area (Å²) in [6, 6.07) is 7.58. The summed E-state index contributed by atoms with van der Waals surface area (Å²) in [6.45, 7) is 7.01. The fourth-order valence-corrected chi connectivity index (χ4v) is 3.94. The number of carbonyl (C=O) groups is 2. The maximum Gasteiger partial charge on any atom is 0.255 e. The van der Waals surface area contributed by atoms with E-state index < -0.39 is 0 Å². The number of nitrogens with zero attached hydrogens (tertiary/aromatic N) is 2. The second kappa shape index (κ2) is 7.10. The predicted octanol–water partition coefficient (Wildman–Crippen LogP) is 2.55. The maximum atomic E-state index is 12.9. The zero-order valence-corrected chi connectivity index (χ0v) is 15.9. The molecule has 1 aromatic carbocycles. The highest BCUT2D eigenvalue weighted by atomic mass is 16.5. The van der Waals surface area contributed by atoms with Gasteiger partial charge in [-0.15, -0.1) is 0 Å². The van der Waals surface area contributed by atoms with E-state index in [9.17, 15) is 9.59 Å². The van der Waals surface area contributed by atoms with Crippen molar-refractivity contribution in [3.63, 3.8) is 0 Å². The number of hydrogen-bond acceptors (Lipinski definition) is 3. The smallest absolute Gasteiger partial charge is 0.255 e. The Hall–Kier alpha value is -2.76. The Kier molecular flexibility index (Phi) is 4.64. The number of benzene rings is 1. The standard InChI is InChI=1S/C21H25N3O3/c1-14-12-18(15(2)22-14)21(26)24-8-3-7-23(9-10-24)20(25)17-4-5-19-16(13-17)6-11-27-19/h4-5,12-13,22H,3,6-11H2,1-2H3. The number of fused-ring (bicyclic) bond motifs is 1. The minimum Gasteiger partial charge on any atom is -0.493 e. The summed E-state index contributed by atoms with van der Waals surface area (Å²) in [5.41, 5.74) is 4.42. The van der Waals surface area contributed by atoms with E-state index in [1.807, 2.05) is 47.9 Å². The molecule has 6 heteroatoms. The maximum absolute atomic E-state index is 12.9. The Labute approximate surface area is 159 Å². The third kappa shape index (κ3) is 3.44. The Balaban J connectivity index is 1.44. The number of H-pyrrole nitrogens is 1. The van der Waals surface area contributed by atoms with Crippen LogP contribution < -0.4 is 4.74 Å². The van der Waals surface area contributed by atoms with Crippen LogP contribution in [0.4, 0.5) is 0 Å². The SMILES string of the molecule is Cc1cc(C(=O)N2CCCN(C(=O)c3ccc4c(c3)CCO4)CC2)c(C)[nH]1. The molecule has 0 bridgehead atoms. The highest BCUT2D eigenvalue weighted by Gasteiger charge is 2.25. The van der Waals surface area contributed by atoms with Crippen molar-refractivity contribution in [2.24, 2.45) is 0 Å². The van der Waals surface area contributed by atoms with E-state index in [2.05, 4.69) is 4.98 Å². The van der Waals surface area contributed by atoms with Crippen molar-refractivity contribution in [1.29, 1.82) is 0 Å². The minimum absolute atomic E-state index is 0.0349. The quantitative estimate of drug-likeness (QED) is 0.887. The second-order valence-electron chi connectivity index (χ2n) is 7.35. The summed E-state index contributed by atoms with van der Waals surface area (Å²) in [7, 11) is 0. The zero-order valence-electron chi connectivity index (χ0n) is 15.9. The van der Waals surface area contributed by atoms with Crippen LogP contribution in [0.2, 0.25) is 0 Å². The summed E-state index contributed by atoms with van der Waals surface area (Å²) in [6.07, 6.45) is 1.64. The van der Waals surface area contributed by atoms with E-state index >= 15 is 0 Å². The first-order chi connectivity index (χ1) is 13.0. The van der Waals surface area contributed by atoms with Crippen molar-refractivity contribution >= 4 is 11.8 Å². The van der Waals surface area contributed by atoms with Gasteiger partial charge in [-0.1, -0.05) is 0 Å². The lowest BCUT2D eigenvalue weighted by atomic mass is 10.1. The van der Waals surface area contributed by atoms with E-state index in [-0.39, 0.29) is 11.8 Å². The van der Waals surface area contributed by atoms with Crippen LogP contribution in [0.15, 0.2) is 24.3 Å². The molecule has 27 heavy (non-hydrogen) atoms. The second-order valence-corrected chi connectivity index (χ2v) is 7.35. The van der Waals surface area contributed by atoms with Gasteiger partial charge in [0.2, 0.25) is 0 Å². The first-order valence-corrected chi connectivity index (χ1v) is 9.53. The first kappa shape index (κ1) is 17.6. The van der Waals surface area contributed by atoms with Crippen LogP contribution in [0, 0.1) is 13.8 Å². The average molecular weight is 367 g/mol. The average Bonchev–Trinajstić information content (AvgIpc) is 3.17. The van der Waals surface area contributed by atoms with E-state index in [1.54, 1.807) is 0 Å². The van der Waals surface area contributed by atoms with Gasteiger partial charge in [-0.3, -0.25) is 9.59 Å². The van der Waals surface area contributed by atoms with Gasteiger partial charge in [-0.2, -0.15) is 0 Å². The molecule has 0 atom stereocenters. The summed E-state index contributed by atoms with van der Waals surface area (Å²) in [4.78, 5) is 32.7. The molecule has 2 aliphatic rings. The van der Waals surface area contributed by atoms with E-state index in [0.29, 0.717) is 38.3 Å². The van der Waals surface area contributed by atoms with Crippen LogP contribution in [0.1, 0.15) is 44.1 Å². The molecule has 4 rings (SSSR count). The molecule has 1 N–H and O–H groups in total. The Bertz CT molecular complexity index is 887. The summed E-state index contributed by atoms with van der Waals surface area (Å²) < 4.78 is 5.52. The summed E-state index contributed by atoms with van der Waals surface area (Å²) in [5.74, 6) is 0.963. The van der Waals surface area contributed by atoms with E-state index in [4.69, 9.17) is 4.74 Å². The number of aryl methyl sites for hydroxylation is 2. The summed E-state index contributed by atoms with van der Waals surface area (Å²) in [5, 5.41) is 0. The molecule has 2 aliphatic heterocycles. The largest absolute Gasteiger partial charge is 0.493 e. The van der Waals surface area contributed by atoms with Crippen LogP contribution in [-0.2, 0) is 6.42 Å². The molecule has 0 radical (unpaired) electrons. The van der Waals surface area contributed by atoms with Gasteiger partial charge in [0.05, 0.1) is 12.2 Å². The monoisotopic (exact) mass is 367 g/mol. The van der Waals surface area contributed by atoms with Crippen LogP contribution in [-0.4, -0.2) is 59.4 Å². The number of aromatic amines is 1. The van der Waals surface area contributed by atoms with E-state index in [0.717, 1.165) is 41.1 Å². The number of ether oxygens (including phenoxy) is 1. The van der Waals surface area contributed by atoms with Crippen LogP contribution >= 0.6 is 0 Å². The molecule has 2 amide bonds. The van der Waals surface area contributed by atoms with E-state index in [1.165, 1.54) is 0 Å². The number of amides is 2. The molecule has 1 aromatic heterocycles. The molecule has 0 saturated carbocycles. The van der Waals surface area contributed by atoms with Gasteiger partial charge in [0.1, 0.15) is 5.75 Å².